The van der Waals surface area contributed by atoms with Crippen molar-refractivity contribution in [2.75, 3.05) is 17.7 Å². The molecule has 0 spiro atoms. The van der Waals surface area contributed by atoms with E-state index in [1.165, 1.54) is 31.4 Å². The molecule has 120 valence electrons. The summed E-state index contributed by atoms with van der Waals surface area (Å²) in [4.78, 5) is 23.9. The fourth-order valence-electron chi connectivity index (χ4n) is 1.84. The summed E-state index contributed by atoms with van der Waals surface area (Å²) in [6, 6.07) is 8.94. The minimum atomic E-state index is -0.849. The Morgan fingerprint density at radius 2 is 1.70 bits per heavy atom. The molecule has 0 saturated carbocycles. The van der Waals surface area contributed by atoms with Crippen LogP contribution in [-0.2, 0) is 9.59 Å². The van der Waals surface area contributed by atoms with Gasteiger partial charge in [0.05, 0.1) is 12.8 Å². The summed E-state index contributed by atoms with van der Waals surface area (Å²) in [5, 5.41) is 14.6. The van der Waals surface area contributed by atoms with Crippen molar-refractivity contribution in [3.8, 4) is 11.5 Å². The second kappa shape index (κ2) is 7.02. The van der Waals surface area contributed by atoms with Gasteiger partial charge in [-0.25, -0.2) is 0 Å². The highest BCUT2D eigenvalue weighted by atomic mass is 35.5. The molecule has 0 atom stereocenters. The maximum absolute atomic E-state index is 12.0. The highest BCUT2D eigenvalue weighted by Gasteiger charge is 2.17. The van der Waals surface area contributed by atoms with Crippen molar-refractivity contribution in [2.24, 2.45) is 0 Å². The van der Waals surface area contributed by atoms with E-state index in [-0.39, 0.29) is 5.75 Å². The van der Waals surface area contributed by atoms with Crippen LogP contribution in [0.25, 0.3) is 0 Å². The molecule has 0 saturated heterocycles. The largest absolute Gasteiger partial charge is 0.508 e. The van der Waals surface area contributed by atoms with E-state index in [1.807, 2.05) is 0 Å². The fraction of sp³-hybridized carbons (Fsp3) is 0.125. The molecule has 23 heavy (non-hydrogen) atoms. The first-order valence-electron chi connectivity index (χ1n) is 6.66. The Labute approximate surface area is 138 Å². The third kappa shape index (κ3) is 4.14. The van der Waals surface area contributed by atoms with Gasteiger partial charge in [-0.3, -0.25) is 9.59 Å². The lowest BCUT2D eigenvalue weighted by atomic mass is 10.2. The number of hydrogen-bond donors (Lipinski definition) is 3. The number of benzene rings is 2. The van der Waals surface area contributed by atoms with E-state index < -0.39 is 11.8 Å². The third-order valence-corrected chi connectivity index (χ3v) is 3.47. The Morgan fingerprint density at radius 3 is 2.30 bits per heavy atom. The molecule has 0 unspecified atom stereocenters. The lowest BCUT2D eigenvalue weighted by Gasteiger charge is -2.12. The molecule has 2 aromatic carbocycles. The number of amides is 2. The molecule has 0 heterocycles. The average Bonchev–Trinajstić information content (AvgIpc) is 2.52. The monoisotopic (exact) mass is 334 g/mol. The van der Waals surface area contributed by atoms with E-state index in [0.717, 1.165) is 5.56 Å². The zero-order valence-electron chi connectivity index (χ0n) is 12.5. The van der Waals surface area contributed by atoms with Gasteiger partial charge in [0.15, 0.2) is 0 Å². The number of methoxy groups -OCH3 is 1. The zero-order chi connectivity index (χ0) is 17.0. The molecular formula is C16H15ClN2O4. The van der Waals surface area contributed by atoms with Crippen LogP contribution in [-0.4, -0.2) is 24.0 Å². The van der Waals surface area contributed by atoms with Crippen LogP contribution in [0.3, 0.4) is 0 Å². The molecule has 7 heteroatoms. The lowest BCUT2D eigenvalue weighted by molar-refractivity contribution is -0.133. The summed E-state index contributed by atoms with van der Waals surface area (Å²) in [6.45, 7) is 1.77. The van der Waals surface area contributed by atoms with Crippen molar-refractivity contribution < 1.29 is 19.4 Å². The molecular weight excluding hydrogens is 320 g/mol. The standard InChI is InChI=1S/C16H15ClN2O4/c1-9-7-13(14(23-2)8-12(9)17)19-16(22)15(21)18-10-3-5-11(20)6-4-10/h3-8,20H,1-2H3,(H,18,21)(H,19,22). The molecule has 0 aliphatic carbocycles. The van der Waals surface area contributed by atoms with Gasteiger partial charge in [0.2, 0.25) is 0 Å². The van der Waals surface area contributed by atoms with Gasteiger partial charge in [0, 0.05) is 16.8 Å². The predicted molar refractivity (Wildman–Crippen MR) is 88.1 cm³/mol. The Bertz CT molecular complexity index is 744. The molecule has 2 rings (SSSR count). The van der Waals surface area contributed by atoms with Gasteiger partial charge in [0.25, 0.3) is 0 Å². The third-order valence-electron chi connectivity index (χ3n) is 3.06. The van der Waals surface area contributed by atoms with E-state index in [1.54, 1.807) is 19.1 Å². The number of rotatable bonds is 3. The summed E-state index contributed by atoms with van der Waals surface area (Å²) in [5.41, 5.74) is 1.48. The molecule has 0 aliphatic heterocycles. The normalized spacial score (nSPS) is 10.0. The van der Waals surface area contributed by atoms with E-state index in [0.29, 0.717) is 22.1 Å². The first kappa shape index (κ1) is 16.6. The van der Waals surface area contributed by atoms with Gasteiger partial charge in [-0.1, -0.05) is 11.6 Å². The molecule has 2 amide bonds. The fourth-order valence-corrected chi connectivity index (χ4v) is 2.00. The number of phenolic OH excluding ortho intramolecular Hbond substituents is 1. The van der Waals surface area contributed by atoms with Crippen molar-refractivity contribution in [3.05, 3.63) is 47.0 Å². The van der Waals surface area contributed by atoms with Crippen molar-refractivity contribution >= 4 is 34.8 Å². The summed E-state index contributed by atoms with van der Waals surface area (Å²) < 4.78 is 5.13. The second-order valence-electron chi connectivity index (χ2n) is 4.76. The van der Waals surface area contributed by atoms with Gasteiger partial charge in [-0.2, -0.15) is 0 Å². The van der Waals surface area contributed by atoms with Crippen LogP contribution in [0.1, 0.15) is 5.56 Å². The topological polar surface area (TPSA) is 87.7 Å². The van der Waals surface area contributed by atoms with Crippen molar-refractivity contribution in [3.63, 3.8) is 0 Å². The van der Waals surface area contributed by atoms with Gasteiger partial charge in [-0.05, 0) is 42.8 Å². The number of ether oxygens (including phenoxy) is 1. The summed E-state index contributed by atoms with van der Waals surface area (Å²) in [5.74, 6) is -1.27. The number of halogens is 1. The van der Waals surface area contributed by atoms with E-state index in [2.05, 4.69) is 10.6 Å². The Morgan fingerprint density at radius 1 is 1.09 bits per heavy atom. The number of aryl methyl sites for hydroxylation is 1. The van der Waals surface area contributed by atoms with Gasteiger partial charge >= 0.3 is 11.8 Å². The first-order valence-corrected chi connectivity index (χ1v) is 7.04. The van der Waals surface area contributed by atoms with Crippen LogP contribution in [0.15, 0.2) is 36.4 Å². The van der Waals surface area contributed by atoms with Gasteiger partial charge in [0.1, 0.15) is 11.5 Å². The number of hydrogen-bond acceptors (Lipinski definition) is 4. The van der Waals surface area contributed by atoms with Crippen LogP contribution < -0.4 is 15.4 Å². The number of phenols is 1. The number of aromatic hydroxyl groups is 1. The Hall–Kier alpha value is -2.73. The van der Waals surface area contributed by atoms with Crippen LogP contribution in [0.4, 0.5) is 11.4 Å². The predicted octanol–water partition coefficient (Wildman–Crippen LogP) is 2.94. The number of carbonyl (C=O) groups excluding carboxylic acids is 2. The smallest absolute Gasteiger partial charge is 0.314 e. The summed E-state index contributed by atoms with van der Waals surface area (Å²) in [7, 11) is 1.44. The maximum Gasteiger partial charge on any atom is 0.314 e. The highest BCUT2D eigenvalue weighted by molar-refractivity contribution is 6.43. The minimum absolute atomic E-state index is 0.0637. The molecule has 2 aromatic rings. The Kier molecular flexibility index (Phi) is 5.08. The van der Waals surface area contributed by atoms with E-state index in [9.17, 15) is 14.7 Å². The minimum Gasteiger partial charge on any atom is -0.508 e. The first-order chi connectivity index (χ1) is 10.9. The summed E-state index contributed by atoms with van der Waals surface area (Å²) in [6.07, 6.45) is 0. The number of anilines is 2. The SMILES string of the molecule is COc1cc(Cl)c(C)cc1NC(=O)C(=O)Nc1ccc(O)cc1. The lowest BCUT2D eigenvalue weighted by Crippen LogP contribution is -2.29. The molecule has 0 radical (unpaired) electrons. The highest BCUT2D eigenvalue weighted by Crippen LogP contribution is 2.30. The van der Waals surface area contributed by atoms with E-state index in [4.69, 9.17) is 16.3 Å². The van der Waals surface area contributed by atoms with E-state index >= 15 is 0 Å². The average molecular weight is 335 g/mol. The van der Waals surface area contributed by atoms with Crippen LogP contribution in [0, 0.1) is 6.92 Å². The number of nitrogens with one attached hydrogen (secondary N) is 2. The van der Waals surface area contributed by atoms with Crippen molar-refractivity contribution in [1.29, 1.82) is 0 Å². The molecule has 0 fully saturated rings. The molecule has 0 aliphatic rings. The van der Waals surface area contributed by atoms with Crippen LogP contribution >= 0.6 is 11.6 Å². The molecule has 6 nitrogen and oxygen atoms in total. The van der Waals surface area contributed by atoms with Crippen molar-refractivity contribution in [1.82, 2.24) is 0 Å². The van der Waals surface area contributed by atoms with Crippen LogP contribution in [0.2, 0.25) is 5.02 Å². The number of carbonyl (C=O) groups is 2. The second-order valence-corrected chi connectivity index (χ2v) is 5.16. The molecule has 3 N–H and O–H groups in total. The molecule has 0 bridgehead atoms. The maximum atomic E-state index is 12.0. The summed E-state index contributed by atoms with van der Waals surface area (Å²) >= 11 is 5.99. The zero-order valence-corrected chi connectivity index (χ0v) is 13.3. The van der Waals surface area contributed by atoms with Crippen LogP contribution in [0.5, 0.6) is 11.5 Å². The van der Waals surface area contributed by atoms with Gasteiger partial charge in [-0.15, -0.1) is 0 Å². The molecule has 0 aromatic heterocycles. The quantitative estimate of drug-likeness (QED) is 0.595. The van der Waals surface area contributed by atoms with Crippen molar-refractivity contribution in [2.45, 2.75) is 6.92 Å². The Balaban J connectivity index is 2.10. The van der Waals surface area contributed by atoms with Gasteiger partial charge < -0.3 is 20.5 Å².